The molecule has 2 saturated heterocycles. The number of nitrogens with zero attached hydrogens (tertiary/aromatic N) is 8. The van der Waals surface area contributed by atoms with Crippen LogP contribution >= 0.6 is 11.8 Å². The van der Waals surface area contributed by atoms with E-state index in [4.69, 9.17) is 18.9 Å². The van der Waals surface area contributed by atoms with Gasteiger partial charge >= 0.3 is 0 Å². The van der Waals surface area contributed by atoms with Gasteiger partial charge in [0.15, 0.2) is 11.6 Å². The number of rotatable bonds is 22. The number of hydrogen-bond donors (Lipinski definition) is 2. The number of piperazine rings is 1. The molecule has 1 unspecified atom stereocenters. The number of aromatic nitrogens is 5. The number of carbonyl (C=O) groups is 4. The van der Waals surface area contributed by atoms with Gasteiger partial charge in [-0.05, 0) is 68.7 Å². The van der Waals surface area contributed by atoms with Gasteiger partial charge in [0.1, 0.15) is 35.5 Å². The Kier molecular flexibility index (Phi) is 16.5. The lowest BCUT2D eigenvalue weighted by atomic mass is 10.0. The third-order valence-corrected chi connectivity index (χ3v) is 13.1. The topological polar surface area (TPSA) is 195 Å². The van der Waals surface area contributed by atoms with Gasteiger partial charge in [-0.25, -0.2) is 28.7 Å². The van der Waals surface area contributed by atoms with Crippen molar-refractivity contribution in [1.82, 2.24) is 44.5 Å². The fraction of sp³-hybridized carbons (Fsp3) is 0.458. The van der Waals surface area contributed by atoms with Gasteiger partial charge in [0.25, 0.3) is 5.91 Å². The number of piperidine rings is 1. The maximum absolute atomic E-state index is 15.1. The van der Waals surface area contributed by atoms with Crippen molar-refractivity contribution in [3.63, 3.8) is 0 Å². The molecule has 2 fully saturated rings. The Bertz CT molecular complexity index is 2650. The van der Waals surface area contributed by atoms with Crippen molar-refractivity contribution in [3.05, 3.63) is 89.0 Å². The Morgan fingerprint density at radius 3 is 2.33 bits per heavy atom. The fourth-order valence-corrected chi connectivity index (χ4v) is 9.57. The van der Waals surface area contributed by atoms with Crippen molar-refractivity contribution in [1.29, 1.82) is 0 Å². The van der Waals surface area contributed by atoms with Gasteiger partial charge in [-0.1, -0.05) is 12.1 Å². The monoisotopic (exact) mass is 970 g/mol. The number of halogens is 2. The Hall–Kier alpha value is -5.97. The van der Waals surface area contributed by atoms with E-state index in [9.17, 15) is 19.2 Å². The lowest BCUT2D eigenvalue weighted by molar-refractivity contribution is -0.139. The normalized spacial score (nSPS) is 16.5. The molecule has 0 radical (unpaired) electrons. The summed E-state index contributed by atoms with van der Waals surface area (Å²) in [5.74, 6) is -0.306. The van der Waals surface area contributed by atoms with Crippen LogP contribution in [-0.2, 0) is 46.4 Å². The van der Waals surface area contributed by atoms with E-state index in [0.717, 1.165) is 22.2 Å². The predicted octanol–water partition coefficient (Wildman–Crippen LogP) is 5.06. The molecule has 0 spiro atoms. The molecule has 21 heteroatoms. The van der Waals surface area contributed by atoms with E-state index in [1.807, 2.05) is 43.5 Å². The number of hydrogen-bond acceptors (Lipinski definition) is 15. The van der Waals surface area contributed by atoms with Crippen LogP contribution in [0.5, 0.6) is 0 Å². The fourth-order valence-electron chi connectivity index (χ4n) is 8.62. The molecule has 0 aliphatic carbocycles. The maximum atomic E-state index is 15.1. The summed E-state index contributed by atoms with van der Waals surface area (Å²) in [4.78, 5) is 73.7. The third kappa shape index (κ3) is 12.3. The van der Waals surface area contributed by atoms with Gasteiger partial charge < -0.3 is 38.6 Å². The van der Waals surface area contributed by atoms with Crippen LogP contribution in [-0.4, -0.2) is 154 Å². The molecule has 0 saturated carbocycles. The van der Waals surface area contributed by atoms with E-state index in [1.54, 1.807) is 46.0 Å². The molecular weight excluding hydrogens is 915 g/mol. The number of fused-ring (bicyclic) bond motifs is 2. The zero-order valence-electron chi connectivity index (χ0n) is 38.9. The SMILES string of the molecule is Cc1nc2c(F)cc(-c3nc(Nc4ccc(CN5CCN(C(=O)COCCOCCOCCOCCSc6cccc7c6CN(C6CCC(=O)NC6=O)C7=O)CC5)cn4)ncc3F)cc2n1C(C)C. The molecule has 4 amide bonds. The number of carbonyl (C=O) groups excluding carboxylic acids is 4. The molecule has 3 aliphatic heterocycles. The minimum atomic E-state index is -0.684. The second-order valence-electron chi connectivity index (χ2n) is 17.1. The highest BCUT2D eigenvalue weighted by Crippen LogP contribution is 2.35. The first-order valence-corrected chi connectivity index (χ1v) is 24.1. The summed E-state index contributed by atoms with van der Waals surface area (Å²) in [7, 11) is 0. The lowest BCUT2D eigenvalue weighted by Gasteiger charge is -2.34. The van der Waals surface area contributed by atoms with E-state index in [1.165, 1.54) is 6.07 Å². The Balaban J connectivity index is 0.651. The summed E-state index contributed by atoms with van der Waals surface area (Å²) >= 11 is 1.59. The summed E-state index contributed by atoms with van der Waals surface area (Å²) in [5, 5.41) is 5.36. The minimum absolute atomic E-state index is 0.0194. The van der Waals surface area contributed by atoms with Gasteiger partial charge in [0.2, 0.25) is 23.7 Å². The van der Waals surface area contributed by atoms with Crippen molar-refractivity contribution >= 4 is 58.2 Å². The highest BCUT2D eigenvalue weighted by molar-refractivity contribution is 7.99. The van der Waals surface area contributed by atoms with Crippen LogP contribution < -0.4 is 10.6 Å². The number of amides is 4. The largest absolute Gasteiger partial charge is 0.378 e. The third-order valence-electron chi connectivity index (χ3n) is 12.0. The van der Waals surface area contributed by atoms with Gasteiger partial charge in [-0.2, -0.15) is 0 Å². The van der Waals surface area contributed by atoms with Gasteiger partial charge in [0, 0.05) is 79.7 Å². The summed E-state index contributed by atoms with van der Waals surface area (Å²) in [5.41, 5.74) is 3.48. The van der Waals surface area contributed by atoms with E-state index in [0.29, 0.717) is 114 Å². The summed E-state index contributed by atoms with van der Waals surface area (Å²) in [6, 6.07) is 11.6. The highest BCUT2D eigenvalue weighted by Gasteiger charge is 2.40. The first-order chi connectivity index (χ1) is 33.4. The summed E-state index contributed by atoms with van der Waals surface area (Å²) in [6.45, 7) is 12.0. The molecular formula is C48H56F2N10O8S. The molecule has 1 atom stereocenters. The van der Waals surface area contributed by atoms with Crippen LogP contribution in [0.2, 0.25) is 0 Å². The molecule has 69 heavy (non-hydrogen) atoms. The molecule has 18 nitrogen and oxygen atoms in total. The van der Waals surface area contributed by atoms with E-state index in [-0.39, 0.29) is 66.1 Å². The molecule has 6 heterocycles. The van der Waals surface area contributed by atoms with E-state index in [2.05, 4.69) is 35.5 Å². The number of thioether (sulfide) groups is 1. The number of ether oxygens (including phenoxy) is 4. The lowest BCUT2D eigenvalue weighted by Crippen LogP contribution is -2.52. The van der Waals surface area contributed by atoms with Crippen molar-refractivity contribution in [3.8, 4) is 11.3 Å². The minimum Gasteiger partial charge on any atom is -0.378 e. The van der Waals surface area contributed by atoms with Crippen molar-refractivity contribution in [2.24, 2.45) is 0 Å². The Labute approximate surface area is 402 Å². The van der Waals surface area contributed by atoms with Gasteiger partial charge in [-0.3, -0.25) is 29.4 Å². The van der Waals surface area contributed by atoms with Crippen LogP contribution in [0.25, 0.3) is 22.3 Å². The molecule has 3 aliphatic rings. The summed E-state index contributed by atoms with van der Waals surface area (Å²) in [6.07, 6.45) is 3.34. The molecule has 8 rings (SSSR count). The quantitative estimate of drug-likeness (QED) is 0.0530. The van der Waals surface area contributed by atoms with Gasteiger partial charge in [-0.15, -0.1) is 11.8 Å². The number of aryl methyl sites for hydroxylation is 1. The van der Waals surface area contributed by atoms with E-state index >= 15 is 8.78 Å². The zero-order valence-corrected chi connectivity index (χ0v) is 39.7. The van der Waals surface area contributed by atoms with Crippen molar-refractivity contribution in [2.75, 3.05) is 90.1 Å². The number of nitrogens with one attached hydrogen (secondary N) is 2. The standard InChI is InChI=1S/C48H56F2N10O8S/c1-30(2)60-31(3)53-45-36(49)23-33(24-39(45)60)44-37(50)26-52-48(56-44)54-41-9-7-32(25-51-41)27-57-11-13-58(14-12-57)43(62)29-68-20-19-66-16-15-65-17-18-67-21-22-69-40-6-4-5-34-35(40)28-59(47(34)64)38-8-10-42(61)55-46(38)63/h4-7,9,23-26,30,38H,8,10-22,27-29H2,1-3H3,(H,55,61,63)(H,51,52,54,56). The van der Waals surface area contributed by atoms with Crippen molar-refractivity contribution in [2.45, 2.75) is 63.7 Å². The van der Waals surface area contributed by atoms with Crippen LogP contribution in [0, 0.1) is 18.6 Å². The molecule has 0 bridgehead atoms. The molecule has 3 aromatic heterocycles. The number of imidazole rings is 1. The molecule has 2 N–H and O–H groups in total. The number of benzene rings is 2. The smallest absolute Gasteiger partial charge is 0.255 e. The number of anilines is 2. The second kappa shape index (κ2) is 23.1. The predicted molar refractivity (Wildman–Crippen MR) is 252 cm³/mol. The van der Waals surface area contributed by atoms with Crippen LogP contribution in [0.3, 0.4) is 0 Å². The highest BCUT2D eigenvalue weighted by atomic mass is 32.2. The first kappa shape index (κ1) is 49.5. The molecule has 366 valence electrons. The Morgan fingerprint density at radius 2 is 1.62 bits per heavy atom. The first-order valence-electron chi connectivity index (χ1n) is 23.1. The number of imide groups is 1. The van der Waals surface area contributed by atoms with Crippen LogP contribution in [0.15, 0.2) is 59.8 Å². The van der Waals surface area contributed by atoms with Gasteiger partial charge in [0.05, 0.1) is 58.0 Å². The summed E-state index contributed by atoms with van der Waals surface area (Å²) < 4.78 is 54.5. The zero-order chi connectivity index (χ0) is 48.4. The second-order valence-corrected chi connectivity index (χ2v) is 18.2. The average molecular weight is 971 g/mol. The molecule has 2 aromatic carbocycles. The average Bonchev–Trinajstić information content (AvgIpc) is 3.86. The molecule has 5 aromatic rings. The van der Waals surface area contributed by atoms with Crippen LogP contribution in [0.4, 0.5) is 20.5 Å². The van der Waals surface area contributed by atoms with Crippen LogP contribution in [0.1, 0.15) is 60.0 Å². The maximum Gasteiger partial charge on any atom is 0.255 e. The van der Waals surface area contributed by atoms with E-state index < -0.39 is 23.6 Å². The number of pyridine rings is 1. The van der Waals surface area contributed by atoms with Crippen molar-refractivity contribution < 1.29 is 46.9 Å². The Morgan fingerprint density at radius 1 is 0.884 bits per heavy atom.